The number of hydrogen-bond donors (Lipinski definition) is 1. The quantitative estimate of drug-likeness (QED) is 0.274. The van der Waals surface area contributed by atoms with Crippen molar-refractivity contribution in [3.63, 3.8) is 0 Å². The molecule has 1 N–H and O–H groups in total. The minimum Gasteiger partial charge on any atom is -0.464 e. The van der Waals surface area contributed by atoms with Crippen LogP contribution in [0.25, 0.3) is 0 Å². The summed E-state index contributed by atoms with van der Waals surface area (Å²) in [6, 6.07) is 0. The van der Waals surface area contributed by atoms with Gasteiger partial charge in [0.1, 0.15) is 10.0 Å². The lowest BCUT2D eigenvalue weighted by atomic mass is 10.4. The van der Waals surface area contributed by atoms with Gasteiger partial charge >= 0.3 is 11.9 Å². The highest BCUT2D eigenvalue weighted by Crippen LogP contribution is 2.25. The Kier molecular flexibility index (Phi) is 10.3. The summed E-state index contributed by atoms with van der Waals surface area (Å²) < 4.78 is 8.91. The van der Waals surface area contributed by atoms with Crippen LogP contribution in [-0.4, -0.2) is 52.6 Å². The molecule has 0 aliphatic carbocycles. The molecule has 0 radical (unpaired) electrons. The monoisotopic (exact) mass is 501 g/mol. The molecule has 0 unspecified atom stereocenters. The van der Waals surface area contributed by atoms with E-state index in [9.17, 15) is 9.59 Å². The number of hydrogen-bond acceptors (Lipinski definition) is 9. The molecule has 0 atom stereocenters. The maximum atomic E-state index is 11.3. The second-order valence-electron chi connectivity index (χ2n) is 4.60. The second kappa shape index (κ2) is 11.9. The van der Waals surface area contributed by atoms with Crippen LogP contribution in [0.3, 0.4) is 0 Å². The van der Waals surface area contributed by atoms with Gasteiger partial charge in [-0.2, -0.15) is 4.98 Å². The van der Waals surface area contributed by atoms with Crippen LogP contribution in [0.15, 0.2) is 12.7 Å². The Bertz CT molecular complexity index is 928. The molecule has 0 aliphatic rings. The number of esters is 2. The van der Waals surface area contributed by atoms with Gasteiger partial charge in [0.2, 0.25) is 10.6 Å². The minimum atomic E-state index is -0.712. The van der Waals surface area contributed by atoms with Crippen LogP contribution in [0.5, 0.6) is 0 Å². The molecule has 2 aromatic rings. The van der Waals surface area contributed by atoms with Gasteiger partial charge < -0.3 is 14.8 Å². The number of carbonyl (C=O) groups excluding carboxylic acids is 2. The van der Waals surface area contributed by atoms with Crippen LogP contribution in [0.4, 0.5) is 5.82 Å². The third kappa shape index (κ3) is 7.13. The Balaban J connectivity index is 0.000000296. The van der Waals surface area contributed by atoms with Crippen molar-refractivity contribution in [2.45, 2.75) is 0 Å². The van der Waals surface area contributed by atoms with Crippen molar-refractivity contribution in [2.75, 3.05) is 26.1 Å². The van der Waals surface area contributed by atoms with E-state index in [1.54, 1.807) is 6.08 Å². The van der Waals surface area contributed by atoms with Crippen molar-refractivity contribution in [3.8, 4) is 0 Å². The van der Waals surface area contributed by atoms with Crippen LogP contribution >= 0.6 is 58.0 Å². The van der Waals surface area contributed by atoms with Crippen LogP contribution in [0.1, 0.15) is 21.0 Å². The molecule has 29 heavy (non-hydrogen) atoms. The number of ether oxygens (including phenoxy) is 2. The first-order chi connectivity index (χ1) is 13.7. The summed E-state index contributed by atoms with van der Waals surface area (Å²) in [6.45, 7) is 3.97. The van der Waals surface area contributed by atoms with Gasteiger partial charge in [-0.25, -0.2) is 24.5 Å². The molecule has 156 valence electrons. The summed E-state index contributed by atoms with van der Waals surface area (Å²) in [5.74, 6) is -1.12. The fourth-order valence-electron chi connectivity index (χ4n) is 1.56. The number of halogens is 5. The summed E-state index contributed by atoms with van der Waals surface area (Å²) in [4.78, 5) is 37.0. The van der Waals surface area contributed by atoms with Gasteiger partial charge in [0.05, 0.1) is 14.2 Å². The Labute approximate surface area is 190 Å². The summed E-state index contributed by atoms with van der Waals surface area (Å²) >= 11 is 28.2. The van der Waals surface area contributed by atoms with Gasteiger partial charge in [-0.05, 0) is 23.2 Å². The summed E-state index contributed by atoms with van der Waals surface area (Å²) in [5.41, 5.74) is -0.218. The highest BCUT2D eigenvalue weighted by molar-refractivity contribution is 6.43. The molecule has 0 aromatic carbocycles. The smallest absolute Gasteiger partial charge is 0.358 e. The van der Waals surface area contributed by atoms with Crippen molar-refractivity contribution in [3.05, 3.63) is 49.8 Å². The van der Waals surface area contributed by atoms with Crippen molar-refractivity contribution < 1.29 is 19.1 Å². The summed E-state index contributed by atoms with van der Waals surface area (Å²) in [5, 5.41) is 2.50. The van der Waals surface area contributed by atoms with Gasteiger partial charge in [0.25, 0.3) is 0 Å². The van der Waals surface area contributed by atoms with Gasteiger partial charge in [0, 0.05) is 6.54 Å². The highest BCUT2D eigenvalue weighted by Gasteiger charge is 2.19. The summed E-state index contributed by atoms with van der Waals surface area (Å²) in [6.07, 6.45) is 1.62. The average molecular weight is 504 g/mol. The average Bonchev–Trinajstić information content (AvgIpc) is 2.70. The standard InChI is InChI=1S/C9H9Cl2N3O2.C6H3Cl3N2O2/c1-3-4-12-7-5(10)6(8(15)16-2)13-9(11)14-7;1-13-5(12)3-2(7)4(8)11-6(9)10-3/h3H,1,4H2,2H3,(H,12,13,14);1H3. The van der Waals surface area contributed by atoms with E-state index in [1.807, 2.05) is 0 Å². The molecular formula is C15H12Cl5N5O4. The molecule has 0 amide bonds. The Hall–Kier alpha value is -1.91. The number of methoxy groups -OCH3 is 2. The predicted molar refractivity (Wildman–Crippen MR) is 110 cm³/mol. The Morgan fingerprint density at radius 3 is 1.86 bits per heavy atom. The lowest BCUT2D eigenvalue weighted by Crippen LogP contribution is -2.10. The number of rotatable bonds is 5. The van der Waals surface area contributed by atoms with Crippen molar-refractivity contribution >= 4 is 75.8 Å². The Morgan fingerprint density at radius 1 is 0.897 bits per heavy atom. The number of carbonyl (C=O) groups is 2. The zero-order valence-corrected chi connectivity index (χ0v) is 18.6. The van der Waals surface area contributed by atoms with Crippen molar-refractivity contribution in [2.24, 2.45) is 0 Å². The normalized spacial score (nSPS) is 9.76. The van der Waals surface area contributed by atoms with Gasteiger partial charge in [0.15, 0.2) is 22.4 Å². The first-order valence-electron chi connectivity index (χ1n) is 7.29. The van der Waals surface area contributed by atoms with Crippen LogP contribution in [-0.2, 0) is 9.47 Å². The maximum Gasteiger partial charge on any atom is 0.358 e. The van der Waals surface area contributed by atoms with E-state index < -0.39 is 11.9 Å². The molecular weight excluding hydrogens is 491 g/mol. The summed E-state index contributed by atoms with van der Waals surface area (Å²) in [7, 11) is 2.42. The van der Waals surface area contributed by atoms with E-state index in [4.69, 9.17) is 58.0 Å². The van der Waals surface area contributed by atoms with Crippen LogP contribution in [0.2, 0.25) is 25.8 Å². The van der Waals surface area contributed by atoms with E-state index in [2.05, 4.69) is 41.3 Å². The predicted octanol–water partition coefficient (Wildman–Crippen LogP) is 4.39. The minimum absolute atomic E-state index is 0.0677. The molecule has 9 nitrogen and oxygen atoms in total. The molecule has 0 saturated carbocycles. The number of anilines is 1. The second-order valence-corrected chi connectivity index (χ2v) is 6.39. The van der Waals surface area contributed by atoms with Crippen molar-refractivity contribution in [1.29, 1.82) is 0 Å². The first kappa shape index (κ1) is 25.1. The number of nitrogens with zero attached hydrogens (tertiary/aromatic N) is 4. The third-order valence-electron chi connectivity index (χ3n) is 2.78. The van der Waals surface area contributed by atoms with Gasteiger partial charge in [-0.1, -0.05) is 40.9 Å². The largest absolute Gasteiger partial charge is 0.464 e. The van der Waals surface area contributed by atoms with Crippen LogP contribution in [0, 0.1) is 0 Å². The SMILES string of the molecule is C=CCNc1nc(Cl)nc(C(=O)OC)c1Cl.COC(=O)c1nc(Cl)nc(Cl)c1Cl. The van der Waals surface area contributed by atoms with Crippen LogP contribution < -0.4 is 5.32 Å². The molecule has 2 aromatic heterocycles. The van der Waals surface area contributed by atoms with Gasteiger partial charge in [-0.3, -0.25) is 0 Å². The van der Waals surface area contributed by atoms with E-state index in [-0.39, 0.29) is 43.0 Å². The molecule has 0 fully saturated rings. The third-order valence-corrected chi connectivity index (χ3v) is 4.20. The topological polar surface area (TPSA) is 116 Å². The Morgan fingerprint density at radius 2 is 1.38 bits per heavy atom. The number of nitrogens with one attached hydrogen (secondary N) is 1. The lowest BCUT2D eigenvalue weighted by molar-refractivity contribution is 0.0585. The molecule has 2 rings (SSSR count). The van der Waals surface area contributed by atoms with E-state index in [0.717, 1.165) is 0 Å². The fraction of sp³-hybridized carbons (Fsp3) is 0.200. The zero-order valence-electron chi connectivity index (χ0n) is 14.8. The van der Waals surface area contributed by atoms with Crippen molar-refractivity contribution in [1.82, 2.24) is 19.9 Å². The maximum absolute atomic E-state index is 11.3. The van der Waals surface area contributed by atoms with Gasteiger partial charge in [-0.15, -0.1) is 6.58 Å². The lowest BCUT2D eigenvalue weighted by Gasteiger charge is -2.08. The molecule has 0 saturated heterocycles. The van der Waals surface area contributed by atoms with E-state index in [0.29, 0.717) is 6.54 Å². The molecule has 0 aliphatic heterocycles. The highest BCUT2D eigenvalue weighted by atomic mass is 35.5. The molecule has 0 spiro atoms. The zero-order chi connectivity index (χ0) is 22.1. The first-order valence-corrected chi connectivity index (χ1v) is 9.18. The fourth-order valence-corrected chi connectivity index (χ4v) is 2.50. The van der Waals surface area contributed by atoms with E-state index in [1.165, 1.54) is 14.2 Å². The molecule has 0 bridgehead atoms. The van der Waals surface area contributed by atoms with E-state index >= 15 is 0 Å². The molecule has 2 heterocycles. The number of aromatic nitrogens is 4. The molecule has 14 heteroatoms.